The maximum Gasteiger partial charge on any atom is 0.292 e. The van der Waals surface area contributed by atoms with Crippen molar-refractivity contribution < 1.29 is 14.5 Å². The van der Waals surface area contributed by atoms with Gasteiger partial charge in [0.15, 0.2) is 0 Å². The normalized spacial score (nSPS) is 18.5. The Hall–Kier alpha value is -2.19. The monoisotopic (exact) mass is 336 g/mol. The Bertz CT molecular complexity index is 606. The summed E-state index contributed by atoms with van der Waals surface area (Å²) in [7, 11) is 0. The van der Waals surface area contributed by atoms with Gasteiger partial charge in [0.1, 0.15) is 5.69 Å². The minimum Gasteiger partial charge on any atom is -0.393 e. The molecule has 1 aromatic rings. The number of nitrogens with one attached hydrogen (secondary N) is 1. The molecule has 0 saturated carbocycles. The number of nitrogen functional groups attached to an aromatic ring is 1. The topological polar surface area (TPSA) is 111 Å². The molecule has 0 bridgehead atoms. The molecule has 1 amide bonds. The van der Waals surface area contributed by atoms with E-state index in [0.29, 0.717) is 19.1 Å². The van der Waals surface area contributed by atoms with E-state index in [1.807, 2.05) is 0 Å². The maximum absolute atomic E-state index is 12.2. The molecule has 0 aliphatic carbocycles. The molecular formula is C16H24N4O4. The van der Waals surface area contributed by atoms with Crippen molar-refractivity contribution in [3.8, 4) is 0 Å². The van der Waals surface area contributed by atoms with Gasteiger partial charge in [-0.2, -0.15) is 0 Å². The maximum atomic E-state index is 12.2. The summed E-state index contributed by atoms with van der Waals surface area (Å²) in [6.45, 7) is 8.00. The average molecular weight is 336 g/mol. The van der Waals surface area contributed by atoms with E-state index in [1.165, 1.54) is 18.2 Å². The zero-order valence-corrected chi connectivity index (χ0v) is 14.0. The van der Waals surface area contributed by atoms with E-state index in [4.69, 9.17) is 10.5 Å². The fourth-order valence-corrected chi connectivity index (χ4v) is 2.74. The summed E-state index contributed by atoms with van der Waals surface area (Å²) in [5, 5.41) is 13.7. The third-order valence-corrected chi connectivity index (χ3v) is 3.83. The van der Waals surface area contributed by atoms with Crippen molar-refractivity contribution in [2.75, 3.05) is 38.5 Å². The van der Waals surface area contributed by atoms with Crippen LogP contribution in [-0.4, -0.2) is 54.6 Å². The first-order chi connectivity index (χ1) is 11.4. The van der Waals surface area contributed by atoms with Gasteiger partial charge in [0.2, 0.25) is 0 Å². The van der Waals surface area contributed by atoms with Crippen molar-refractivity contribution in [1.29, 1.82) is 0 Å². The van der Waals surface area contributed by atoms with Crippen LogP contribution in [0.2, 0.25) is 0 Å². The second-order valence-electron chi connectivity index (χ2n) is 6.39. The summed E-state index contributed by atoms with van der Waals surface area (Å²) in [4.78, 5) is 24.8. The van der Waals surface area contributed by atoms with E-state index in [9.17, 15) is 14.9 Å². The summed E-state index contributed by atoms with van der Waals surface area (Å²) in [5.41, 5.74) is 5.53. The number of rotatable bonds is 6. The molecule has 1 aromatic carbocycles. The van der Waals surface area contributed by atoms with Crippen LogP contribution in [-0.2, 0) is 4.74 Å². The number of carbonyl (C=O) groups is 1. The van der Waals surface area contributed by atoms with Gasteiger partial charge in [0.25, 0.3) is 11.6 Å². The zero-order chi connectivity index (χ0) is 17.7. The Balaban J connectivity index is 1.91. The number of nitro benzene ring substituents is 1. The lowest BCUT2D eigenvalue weighted by Crippen LogP contribution is -2.48. The predicted octanol–water partition coefficient (Wildman–Crippen LogP) is 1.26. The molecule has 8 nitrogen and oxygen atoms in total. The number of hydrogen-bond donors (Lipinski definition) is 2. The highest BCUT2D eigenvalue weighted by atomic mass is 16.6. The van der Waals surface area contributed by atoms with Crippen LogP contribution in [0.3, 0.4) is 0 Å². The van der Waals surface area contributed by atoms with E-state index < -0.39 is 4.92 Å². The van der Waals surface area contributed by atoms with Gasteiger partial charge in [-0.25, -0.2) is 0 Å². The van der Waals surface area contributed by atoms with Crippen LogP contribution in [0.4, 0.5) is 11.4 Å². The van der Waals surface area contributed by atoms with Gasteiger partial charge in [-0.3, -0.25) is 19.8 Å². The third kappa shape index (κ3) is 4.90. The lowest BCUT2D eigenvalue weighted by molar-refractivity contribution is -0.383. The molecule has 0 spiro atoms. The smallest absolute Gasteiger partial charge is 0.292 e. The number of hydrogen-bond acceptors (Lipinski definition) is 6. The summed E-state index contributed by atoms with van der Waals surface area (Å²) in [5.74, 6) is 0.205. The molecule has 132 valence electrons. The number of morpholine rings is 1. The Morgan fingerprint density at radius 3 is 2.96 bits per heavy atom. The van der Waals surface area contributed by atoms with Crippen LogP contribution in [0.25, 0.3) is 0 Å². The first kappa shape index (κ1) is 18.2. The van der Waals surface area contributed by atoms with Crippen LogP contribution in [0.5, 0.6) is 0 Å². The Morgan fingerprint density at radius 1 is 1.54 bits per heavy atom. The summed E-state index contributed by atoms with van der Waals surface area (Å²) in [6.07, 6.45) is -0.0785. The largest absolute Gasteiger partial charge is 0.393 e. The van der Waals surface area contributed by atoms with Gasteiger partial charge in [-0.1, -0.05) is 13.8 Å². The number of nitrogens with two attached hydrogens (primary N) is 1. The highest BCUT2D eigenvalue weighted by molar-refractivity contribution is 5.95. The van der Waals surface area contributed by atoms with Gasteiger partial charge in [-0.05, 0) is 18.1 Å². The van der Waals surface area contributed by atoms with Crippen LogP contribution in [0.15, 0.2) is 18.2 Å². The molecule has 1 atom stereocenters. The number of nitrogens with zero attached hydrogens (tertiary/aromatic N) is 2. The highest BCUT2D eigenvalue weighted by Gasteiger charge is 2.22. The molecule has 8 heteroatoms. The number of anilines is 1. The SMILES string of the molecule is CC(C)CN1CCOC(CNC(=O)c2ccc(N)c([N+](=O)[O-])c2)C1. The molecule has 1 aliphatic rings. The quantitative estimate of drug-likeness (QED) is 0.460. The van der Waals surface area contributed by atoms with Crippen LogP contribution in [0.1, 0.15) is 24.2 Å². The molecule has 1 aliphatic heterocycles. The third-order valence-electron chi connectivity index (χ3n) is 3.83. The highest BCUT2D eigenvalue weighted by Crippen LogP contribution is 2.22. The molecule has 1 saturated heterocycles. The van der Waals surface area contributed by atoms with Gasteiger partial charge < -0.3 is 15.8 Å². The summed E-state index contributed by atoms with van der Waals surface area (Å²) >= 11 is 0. The molecule has 3 N–H and O–H groups in total. The first-order valence-corrected chi connectivity index (χ1v) is 8.03. The molecular weight excluding hydrogens is 312 g/mol. The molecule has 1 unspecified atom stereocenters. The average Bonchev–Trinajstić information content (AvgIpc) is 2.52. The van der Waals surface area contributed by atoms with E-state index in [2.05, 4.69) is 24.1 Å². The second-order valence-corrected chi connectivity index (χ2v) is 6.39. The lowest BCUT2D eigenvalue weighted by atomic mass is 10.1. The van der Waals surface area contributed by atoms with E-state index >= 15 is 0 Å². The van der Waals surface area contributed by atoms with E-state index in [1.54, 1.807) is 0 Å². The first-order valence-electron chi connectivity index (χ1n) is 8.03. The Kier molecular flexibility index (Phi) is 6.10. The molecule has 2 rings (SSSR count). The van der Waals surface area contributed by atoms with Gasteiger partial charge in [-0.15, -0.1) is 0 Å². The van der Waals surface area contributed by atoms with Crippen molar-refractivity contribution in [3.63, 3.8) is 0 Å². The summed E-state index contributed by atoms with van der Waals surface area (Å²) < 4.78 is 5.67. The predicted molar refractivity (Wildman–Crippen MR) is 90.9 cm³/mol. The number of benzene rings is 1. The van der Waals surface area contributed by atoms with Crippen molar-refractivity contribution in [3.05, 3.63) is 33.9 Å². The van der Waals surface area contributed by atoms with Crippen molar-refractivity contribution in [1.82, 2.24) is 10.2 Å². The zero-order valence-electron chi connectivity index (χ0n) is 14.0. The van der Waals surface area contributed by atoms with Gasteiger partial charge in [0, 0.05) is 37.8 Å². The molecule has 1 fully saturated rings. The molecule has 0 radical (unpaired) electrons. The minimum atomic E-state index is -0.597. The van der Waals surface area contributed by atoms with Crippen molar-refractivity contribution >= 4 is 17.3 Å². The molecule has 1 heterocycles. The number of nitro groups is 1. The van der Waals surface area contributed by atoms with Crippen molar-refractivity contribution in [2.45, 2.75) is 20.0 Å². The van der Waals surface area contributed by atoms with Gasteiger partial charge >= 0.3 is 0 Å². The minimum absolute atomic E-state index is 0.0384. The van der Waals surface area contributed by atoms with Crippen molar-refractivity contribution in [2.24, 2.45) is 5.92 Å². The second kappa shape index (κ2) is 8.07. The van der Waals surface area contributed by atoms with E-state index in [0.717, 1.165) is 19.6 Å². The molecule has 24 heavy (non-hydrogen) atoms. The Morgan fingerprint density at radius 2 is 2.29 bits per heavy atom. The standard InChI is InChI=1S/C16H24N4O4/c1-11(2)9-19-5-6-24-13(10-19)8-18-16(21)12-3-4-14(17)15(7-12)20(22)23/h3-4,7,11,13H,5-6,8-10,17H2,1-2H3,(H,18,21). The number of ether oxygens (including phenoxy) is 1. The number of amides is 1. The van der Waals surface area contributed by atoms with E-state index in [-0.39, 0.29) is 28.9 Å². The van der Waals surface area contributed by atoms with Crippen LogP contribution < -0.4 is 11.1 Å². The van der Waals surface area contributed by atoms with Crippen LogP contribution in [0, 0.1) is 16.0 Å². The molecule has 0 aromatic heterocycles. The lowest BCUT2D eigenvalue weighted by Gasteiger charge is -2.33. The van der Waals surface area contributed by atoms with Crippen LogP contribution >= 0.6 is 0 Å². The number of carbonyl (C=O) groups excluding carboxylic acids is 1. The fraction of sp³-hybridized carbons (Fsp3) is 0.562. The Labute approximate surface area is 141 Å². The fourth-order valence-electron chi connectivity index (χ4n) is 2.74. The van der Waals surface area contributed by atoms with Gasteiger partial charge in [0.05, 0.1) is 17.6 Å². The summed E-state index contributed by atoms with van der Waals surface area (Å²) in [6, 6.07) is 4.04.